The molecule has 0 unspecified atom stereocenters. The number of benzene rings is 2. The first kappa shape index (κ1) is 24.7. The van der Waals surface area contributed by atoms with Crippen molar-refractivity contribution >= 4 is 27.5 Å². The Hall–Kier alpha value is -2.95. The SMILES string of the molecule is CCOc1ccc(S(=O)(=O)NCCC(=O)Nc2ccccc2CN2CCC[C@@H]2C(N)=O)cc1. The van der Waals surface area contributed by atoms with Gasteiger partial charge in [-0.2, -0.15) is 0 Å². The number of nitrogens with two attached hydrogens (primary N) is 1. The number of amides is 2. The third kappa shape index (κ3) is 6.77. The maximum absolute atomic E-state index is 12.5. The lowest BCUT2D eigenvalue weighted by Crippen LogP contribution is -2.39. The largest absolute Gasteiger partial charge is 0.494 e. The molecular formula is C23H30N4O5S. The second kappa shape index (κ2) is 11.3. The number of hydrogen-bond acceptors (Lipinski definition) is 6. The summed E-state index contributed by atoms with van der Waals surface area (Å²) in [5.74, 6) is -0.0656. The van der Waals surface area contributed by atoms with Crippen molar-refractivity contribution in [3.8, 4) is 5.75 Å². The van der Waals surface area contributed by atoms with Gasteiger partial charge in [0.25, 0.3) is 0 Å². The summed E-state index contributed by atoms with van der Waals surface area (Å²) in [5, 5.41) is 2.84. The molecule has 1 fully saturated rings. The van der Waals surface area contributed by atoms with Crippen LogP contribution < -0.4 is 20.5 Å². The van der Waals surface area contributed by atoms with Gasteiger partial charge in [-0.15, -0.1) is 0 Å². The Morgan fingerprint density at radius 1 is 1.15 bits per heavy atom. The first-order valence-electron chi connectivity index (χ1n) is 10.9. The number of nitrogens with one attached hydrogen (secondary N) is 2. The van der Waals surface area contributed by atoms with Gasteiger partial charge in [-0.05, 0) is 62.2 Å². The highest BCUT2D eigenvalue weighted by Crippen LogP contribution is 2.24. The van der Waals surface area contributed by atoms with Crippen LogP contribution in [0.25, 0.3) is 0 Å². The van der Waals surface area contributed by atoms with Gasteiger partial charge in [0, 0.05) is 25.2 Å². The Morgan fingerprint density at radius 3 is 2.58 bits per heavy atom. The second-order valence-corrected chi connectivity index (χ2v) is 9.56. The highest BCUT2D eigenvalue weighted by molar-refractivity contribution is 7.89. The molecule has 4 N–H and O–H groups in total. The van der Waals surface area contributed by atoms with Crippen LogP contribution in [0.5, 0.6) is 5.75 Å². The molecule has 0 radical (unpaired) electrons. The molecular weight excluding hydrogens is 444 g/mol. The van der Waals surface area contributed by atoms with E-state index in [-0.39, 0.29) is 35.7 Å². The zero-order chi connectivity index (χ0) is 23.8. The first-order chi connectivity index (χ1) is 15.8. The number of ether oxygens (including phenoxy) is 1. The van der Waals surface area contributed by atoms with Crippen molar-refractivity contribution in [1.29, 1.82) is 0 Å². The molecule has 9 nitrogen and oxygen atoms in total. The topological polar surface area (TPSA) is 131 Å². The van der Waals surface area contributed by atoms with Crippen LogP contribution in [0.2, 0.25) is 0 Å². The zero-order valence-corrected chi connectivity index (χ0v) is 19.4. The van der Waals surface area contributed by atoms with Gasteiger partial charge in [-0.3, -0.25) is 14.5 Å². The predicted octanol–water partition coefficient (Wildman–Crippen LogP) is 1.84. The van der Waals surface area contributed by atoms with Crippen molar-refractivity contribution in [1.82, 2.24) is 9.62 Å². The summed E-state index contributed by atoms with van der Waals surface area (Å²) in [4.78, 5) is 26.2. The summed E-state index contributed by atoms with van der Waals surface area (Å²) in [6.07, 6.45) is 1.60. The van der Waals surface area contributed by atoms with Gasteiger partial charge in [-0.1, -0.05) is 18.2 Å². The number of carbonyl (C=O) groups excluding carboxylic acids is 2. The smallest absolute Gasteiger partial charge is 0.240 e. The molecule has 2 aromatic carbocycles. The third-order valence-electron chi connectivity index (χ3n) is 5.45. The number of para-hydroxylation sites is 1. The molecule has 2 amide bonds. The molecule has 1 aliphatic rings. The number of sulfonamides is 1. The molecule has 33 heavy (non-hydrogen) atoms. The minimum atomic E-state index is -3.73. The van der Waals surface area contributed by atoms with E-state index < -0.39 is 10.0 Å². The van der Waals surface area contributed by atoms with Gasteiger partial charge >= 0.3 is 0 Å². The number of hydrogen-bond donors (Lipinski definition) is 3. The normalized spacial score (nSPS) is 16.5. The van der Waals surface area contributed by atoms with E-state index >= 15 is 0 Å². The summed E-state index contributed by atoms with van der Waals surface area (Å²) in [5.41, 5.74) is 7.00. The number of nitrogens with zero attached hydrogens (tertiary/aromatic N) is 1. The minimum Gasteiger partial charge on any atom is -0.494 e. The molecule has 3 rings (SSSR count). The number of rotatable bonds is 11. The van der Waals surface area contributed by atoms with Crippen LogP contribution in [-0.2, 0) is 26.2 Å². The van der Waals surface area contributed by atoms with Crippen molar-refractivity contribution in [2.75, 3.05) is 25.0 Å². The number of primary amides is 1. The van der Waals surface area contributed by atoms with E-state index in [4.69, 9.17) is 10.5 Å². The van der Waals surface area contributed by atoms with Crippen LogP contribution in [0.1, 0.15) is 31.7 Å². The van der Waals surface area contributed by atoms with Gasteiger partial charge < -0.3 is 15.8 Å². The van der Waals surface area contributed by atoms with Crippen LogP contribution in [0, 0.1) is 0 Å². The molecule has 178 valence electrons. The van der Waals surface area contributed by atoms with E-state index in [0.29, 0.717) is 24.6 Å². The Morgan fingerprint density at radius 2 is 1.88 bits per heavy atom. The van der Waals surface area contributed by atoms with Crippen molar-refractivity contribution in [2.24, 2.45) is 5.73 Å². The number of carbonyl (C=O) groups is 2. The molecule has 0 aromatic heterocycles. The second-order valence-electron chi connectivity index (χ2n) is 7.79. The van der Waals surface area contributed by atoms with Crippen LogP contribution in [-0.4, -0.2) is 50.9 Å². The first-order valence-corrected chi connectivity index (χ1v) is 12.4. The van der Waals surface area contributed by atoms with Gasteiger partial charge in [0.1, 0.15) is 5.75 Å². The molecule has 0 aliphatic carbocycles. The van der Waals surface area contributed by atoms with Gasteiger partial charge in [0.2, 0.25) is 21.8 Å². The summed E-state index contributed by atoms with van der Waals surface area (Å²) >= 11 is 0. The maximum atomic E-state index is 12.5. The fourth-order valence-corrected chi connectivity index (χ4v) is 4.85. The molecule has 1 heterocycles. The Kier molecular flexibility index (Phi) is 8.43. The highest BCUT2D eigenvalue weighted by atomic mass is 32.2. The van der Waals surface area contributed by atoms with E-state index in [2.05, 4.69) is 10.0 Å². The van der Waals surface area contributed by atoms with Gasteiger partial charge in [-0.25, -0.2) is 13.1 Å². The lowest BCUT2D eigenvalue weighted by molar-refractivity contribution is -0.122. The Labute approximate surface area is 194 Å². The average Bonchev–Trinajstić information content (AvgIpc) is 3.24. The summed E-state index contributed by atoms with van der Waals surface area (Å²) in [6, 6.07) is 13.1. The fraction of sp³-hybridized carbons (Fsp3) is 0.391. The average molecular weight is 475 g/mol. The Balaban J connectivity index is 1.54. The molecule has 0 spiro atoms. The van der Waals surface area contributed by atoms with Crippen LogP contribution in [0.3, 0.4) is 0 Å². The van der Waals surface area contributed by atoms with Gasteiger partial charge in [0.15, 0.2) is 0 Å². The van der Waals surface area contributed by atoms with Crippen molar-refractivity contribution in [3.63, 3.8) is 0 Å². The molecule has 0 saturated carbocycles. The lowest BCUT2D eigenvalue weighted by Gasteiger charge is -2.23. The van der Waals surface area contributed by atoms with Crippen molar-refractivity contribution in [3.05, 3.63) is 54.1 Å². The maximum Gasteiger partial charge on any atom is 0.240 e. The highest BCUT2D eigenvalue weighted by Gasteiger charge is 2.29. The monoisotopic (exact) mass is 474 g/mol. The fourth-order valence-electron chi connectivity index (χ4n) is 3.81. The minimum absolute atomic E-state index is 0.0295. The van der Waals surface area contributed by atoms with Crippen molar-refractivity contribution in [2.45, 2.75) is 43.7 Å². The third-order valence-corrected chi connectivity index (χ3v) is 6.92. The van der Waals surface area contributed by atoms with E-state index in [1.54, 1.807) is 18.2 Å². The van der Waals surface area contributed by atoms with E-state index in [1.807, 2.05) is 30.0 Å². The quantitative estimate of drug-likeness (QED) is 0.456. The molecule has 2 aromatic rings. The Bertz CT molecular complexity index is 1070. The van der Waals surface area contributed by atoms with Crippen LogP contribution in [0.15, 0.2) is 53.4 Å². The predicted molar refractivity (Wildman–Crippen MR) is 125 cm³/mol. The number of anilines is 1. The molecule has 10 heteroatoms. The lowest BCUT2D eigenvalue weighted by atomic mass is 10.1. The molecule has 1 saturated heterocycles. The molecule has 0 bridgehead atoms. The standard InChI is InChI=1S/C23H30N4O5S/c1-2-32-18-9-11-19(12-10-18)33(30,31)25-14-13-22(28)26-20-7-4-3-6-17(20)16-27-15-5-8-21(27)23(24)29/h3-4,6-7,9-12,21,25H,2,5,8,13-16H2,1H3,(H2,24,29)(H,26,28)/t21-/m1/s1. The molecule has 1 atom stereocenters. The molecule has 1 aliphatic heterocycles. The zero-order valence-electron chi connectivity index (χ0n) is 18.6. The summed E-state index contributed by atoms with van der Waals surface area (Å²) < 4.78 is 32.7. The van der Waals surface area contributed by atoms with E-state index in [1.165, 1.54) is 12.1 Å². The van der Waals surface area contributed by atoms with E-state index in [0.717, 1.165) is 24.9 Å². The summed E-state index contributed by atoms with van der Waals surface area (Å²) in [6.45, 7) is 3.56. The summed E-state index contributed by atoms with van der Waals surface area (Å²) in [7, 11) is -3.73. The van der Waals surface area contributed by atoms with Crippen molar-refractivity contribution < 1.29 is 22.7 Å². The van der Waals surface area contributed by atoms with Crippen LogP contribution in [0.4, 0.5) is 5.69 Å². The van der Waals surface area contributed by atoms with Crippen LogP contribution >= 0.6 is 0 Å². The number of likely N-dealkylation sites (tertiary alicyclic amines) is 1. The van der Waals surface area contributed by atoms with E-state index in [9.17, 15) is 18.0 Å². The van der Waals surface area contributed by atoms with Gasteiger partial charge in [0.05, 0.1) is 17.5 Å².